The molecule has 176 valence electrons. The molecule has 3 N–H and O–H groups in total. The van der Waals surface area contributed by atoms with Crippen molar-refractivity contribution in [3.8, 4) is 16.9 Å². The van der Waals surface area contributed by atoms with E-state index in [1.165, 1.54) is 0 Å². The first-order chi connectivity index (χ1) is 16.0. The second-order valence-corrected chi connectivity index (χ2v) is 10.0. The molecule has 0 bridgehead atoms. The van der Waals surface area contributed by atoms with Crippen molar-refractivity contribution >= 4 is 22.6 Å². The Balaban J connectivity index is 0.00000274. The lowest BCUT2D eigenvalue weighted by Gasteiger charge is -2.20. The summed E-state index contributed by atoms with van der Waals surface area (Å²) < 4.78 is 20.2. The van der Waals surface area contributed by atoms with E-state index in [0.717, 1.165) is 40.0 Å². The van der Waals surface area contributed by atoms with E-state index in [2.05, 4.69) is 4.72 Å². The van der Waals surface area contributed by atoms with Crippen LogP contribution in [0.3, 0.4) is 0 Å². The molecule has 0 radical (unpaired) electrons. The quantitative estimate of drug-likeness (QED) is 0.562. The predicted octanol–water partition coefficient (Wildman–Crippen LogP) is 3.58. The highest BCUT2D eigenvalue weighted by atomic mass is 32.2. The summed E-state index contributed by atoms with van der Waals surface area (Å²) in [6, 6.07) is 21.2. The van der Waals surface area contributed by atoms with E-state index < -0.39 is 16.4 Å². The number of hydrogen-bond donors (Lipinski definition) is 1. The molecule has 6 nitrogen and oxygen atoms in total. The van der Waals surface area contributed by atoms with Gasteiger partial charge in [-0.3, -0.25) is 9.59 Å². The van der Waals surface area contributed by atoms with E-state index >= 15 is 0 Å². The van der Waals surface area contributed by atoms with Crippen molar-refractivity contribution in [2.75, 3.05) is 13.7 Å². The lowest BCUT2D eigenvalue weighted by molar-refractivity contribution is -0.120. The molecule has 0 spiro atoms. The van der Waals surface area contributed by atoms with Crippen LogP contribution in [0.15, 0.2) is 71.6 Å². The van der Waals surface area contributed by atoms with Crippen molar-refractivity contribution in [2.24, 2.45) is 0 Å². The van der Waals surface area contributed by atoms with Crippen LogP contribution in [0.5, 0.6) is 5.75 Å². The fourth-order valence-electron chi connectivity index (χ4n) is 4.52. The second-order valence-electron chi connectivity index (χ2n) is 8.61. The van der Waals surface area contributed by atoms with E-state index in [9.17, 15) is 13.8 Å². The van der Waals surface area contributed by atoms with Crippen LogP contribution < -0.4 is 9.46 Å². The maximum Gasteiger partial charge on any atom is 0.170 e. The van der Waals surface area contributed by atoms with Crippen molar-refractivity contribution < 1.29 is 24.0 Å². The van der Waals surface area contributed by atoms with Gasteiger partial charge in [-0.2, -0.15) is 0 Å². The predicted molar refractivity (Wildman–Crippen MR) is 131 cm³/mol. The van der Waals surface area contributed by atoms with Gasteiger partial charge in [0.05, 0.1) is 22.5 Å². The Morgan fingerprint density at radius 2 is 1.79 bits per heavy atom. The van der Waals surface area contributed by atoms with Crippen molar-refractivity contribution in [2.45, 2.75) is 36.0 Å². The van der Waals surface area contributed by atoms with E-state index in [0.29, 0.717) is 30.8 Å². The molecule has 1 unspecified atom stereocenters. The molecule has 5 rings (SSSR count). The van der Waals surface area contributed by atoms with Crippen LogP contribution in [0.1, 0.15) is 40.7 Å². The highest BCUT2D eigenvalue weighted by Gasteiger charge is 2.50. The first-order valence-corrected chi connectivity index (χ1v) is 12.3. The minimum absolute atomic E-state index is 0. The highest BCUT2D eigenvalue weighted by Crippen LogP contribution is 2.50. The molecule has 0 saturated heterocycles. The summed E-state index contributed by atoms with van der Waals surface area (Å²) in [6.45, 7) is 0.418. The van der Waals surface area contributed by atoms with Crippen molar-refractivity contribution in [3.05, 3.63) is 83.4 Å². The number of fused-ring (bicyclic) bond motifs is 1. The standard InChI is InChI=1S/C27H25NO4S.H2O/c1-28-33(31)22-8-5-19(6-9-22)20-4-2-3-18(15-20)16-26(30)27(12-13-27)21-7-10-25-23(17-21)24(29)11-14-32-25;/h2-10,15,17,28H,11-14,16H2,1H3;1H2. The van der Waals surface area contributed by atoms with Gasteiger partial charge in [0.15, 0.2) is 5.78 Å². The summed E-state index contributed by atoms with van der Waals surface area (Å²) in [5.41, 5.74) is 4.02. The molecule has 1 atom stereocenters. The van der Waals surface area contributed by atoms with Crippen molar-refractivity contribution in [3.63, 3.8) is 0 Å². The number of Topliss-reactive ketones (excluding diaryl/α,β-unsaturated/α-hetero) is 2. The number of carbonyl (C=O) groups excluding carboxylic acids is 2. The normalized spacial score (nSPS) is 16.6. The summed E-state index contributed by atoms with van der Waals surface area (Å²) in [6.07, 6.45) is 2.35. The smallest absolute Gasteiger partial charge is 0.170 e. The summed E-state index contributed by atoms with van der Waals surface area (Å²) in [5.74, 6) is 0.887. The number of ether oxygens (including phenoxy) is 1. The molecule has 3 aromatic carbocycles. The minimum atomic E-state index is -1.22. The largest absolute Gasteiger partial charge is 0.492 e. The first-order valence-electron chi connectivity index (χ1n) is 11.1. The van der Waals surface area contributed by atoms with E-state index in [1.807, 2.05) is 66.7 Å². The number of benzene rings is 3. The van der Waals surface area contributed by atoms with Gasteiger partial charge in [0.1, 0.15) is 22.5 Å². The van der Waals surface area contributed by atoms with Gasteiger partial charge in [-0.05, 0) is 66.4 Å². The Labute approximate surface area is 201 Å². The Hall–Kier alpha value is -3.13. The van der Waals surface area contributed by atoms with Gasteiger partial charge in [0.2, 0.25) is 0 Å². The SMILES string of the molecule is CNS(=O)c1ccc(-c2cccc(CC(=O)C3(c4ccc5c(c4)C(=O)CCO5)CC3)c2)cc1.O. The third-order valence-electron chi connectivity index (χ3n) is 6.58. The van der Waals surface area contributed by atoms with Crippen molar-refractivity contribution in [1.82, 2.24) is 4.72 Å². The van der Waals surface area contributed by atoms with Gasteiger partial charge in [-0.15, -0.1) is 0 Å². The Kier molecular flexibility index (Phi) is 6.79. The second kappa shape index (κ2) is 9.62. The van der Waals surface area contributed by atoms with Gasteiger partial charge in [-0.1, -0.05) is 42.5 Å². The lowest BCUT2D eigenvalue weighted by atomic mass is 9.86. The molecule has 1 fully saturated rings. The summed E-state index contributed by atoms with van der Waals surface area (Å²) >= 11 is 0. The number of rotatable bonds is 7. The molecule has 2 aliphatic rings. The van der Waals surface area contributed by atoms with Gasteiger partial charge < -0.3 is 10.2 Å². The minimum Gasteiger partial charge on any atom is -0.492 e. The zero-order chi connectivity index (χ0) is 23.0. The van der Waals surface area contributed by atoms with Crippen LogP contribution in [0.4, 0.5) is 0 Å². The maximum absolute atomic E-state index is 13.4. The number of nitrogens with one attached hydrogen (secondary N) is 1. The first kappa shape index (κ1) is 24.0. The van der Waals surface area contributed by atoms with Gasteiger partial charge in [0.25, 0.3) is 0 Å². The zero-order valence-electron chi connectivity index (χ0n) is 18.9. The molecule has 1 saturated carbocycles. The van der Waals surface area contributed by atoms with Crippen LogP contribution in [-0.2, 0) is 27.6 Å². The summed E-state index contributed by atoms with van der Waals surface area (Å²) in [4.78, 5) is 26.4. The molecule has 1 heterocycles. The fraction of sp³-hybridized carbons (Fsp3) is 0.259. The molecular formula is C27H27NO5S. The zero-order valence-corrected chi connectivity index (χ0v) is 19.7. The van der Waals surface area contributed by atoms with Crippen LogP contribution >= 0.6 is 0 Å². The fourth-order valence-corrected chi connectivity index (χ4v) is 5.14. The molecular weight excluding hydrogens is 450 g/mol. The molecule has 7 heteroatoms. The number of hydrogen-bond acceptors (Lipinski definition) is 4. The van der Waals surface area contributed by atoms with Gasteiger partial charge in [0, 0.05) is 12.8 Å². The highest BCUT2D eigenvalue weighted by molar-refractivity contribution is 7.83. The number of ketones is 2. The third-order valence-corrected chi connectivity index (χ3v) is 7.65. The lowest BCUT2D eigenvalue weighted by Crippen LogP contribution is -2.24. The molecule has 0 aromatic heterocycles. The van der Waals surface area contributed by atoms with E-state index in [1.54, 1.807) is 7.05 Å². The summed E-state index contributed by atoms with van der Waals surface area (Å²) in [7, 11) is 0.444. The average Bonchev–Trinajstić information content (AvgIpc) is 3.66. The van der Waals surface area contributed by atoms with Crippen LogP contribution in [-0.4, -0.2) is 34.9 Å². The van der Waals surface area contributed by atoms with Gasteiger partial charge >= 0.3 is 0 Å². The van der Waals surface area contributed by atoms with Crippen LogP contribution in [0, 0.1) is 0 Å². The Morgan fingerprint density at radius 1 is 1.03 bits per heavy atom. The molecule has 3 aromatic rings. The topological polar surface area (TPSA) is 104 Å². The Morgan fingerprint density at radius 3 is 2.50 bits per heavy atom. The van der Waals surface area contributed by atoms with E-state index in [4.69, 9.17) is 4.74 Å². The molecule has 0 amide bonds. The molecule has 34 heavy (non-hydrogen) atoms. The van der Waals surface area contributed by atoms with Crippen LogP contribution in [0.2, 0.25) is 0 Å². The molecule has 1 aliphatic heterocycles. The average molecular weight is 478 g/mol. The van der Waals surface area contributed by atoms with Crippen molar-refractivity contribution in [1.29, 1.82) is 0 Å². The Bertz CT molecular complexity index is 1260. The van der Waals surface area contributed by atoms with Crippen LogP contribution in [0.25, 0.3) is 11.1 Å². The third kappa shape index (κ3) is 4.46. The van der Waals surface area contributed by atoms with Gasteiger partial charge in [-0.25, -0.2) is 8.93 Å². The van der Waals surface area contributed by atoms with E-state index in [-0.39, 0.29) is 17.0 Å². The summed E-state index contributed by atoms with van der Waals surface area (Å²) in [5, 5.41) is 0. The maximum atomic E-state index is 13.4. The number of carbonyl (C=O) groups is 2. The molecule has 1 aliphatic carbocycles. The monoisotopic (exact) mass is 477 g/mol.